The van der Waals surface area contributed by atoms with Gasteiger partial charge < -0.3 is 5.32 Å². The molecule has 1 N–H and O–H groups in total. The lowest BCUT2D eigenvalue weighted by atomic mass is 10.1. The quantitative estimate of drug-likeness (QED) is 0.756. The summed E-state index contributed by atoms with van der Waals surface area (Å²) in [7, 11) is 0. The van der Waals surface area contributed by atoms with E-state index in [9.17, 15) is 4.79 Å². The van der Waals surface area contributed by atoms with Crippen molar-refractivity contribution in [3.05, 3.63) is 71.7 Å². The SMILES string of the molecule is C#Cc1cccc2cc(C(=O)N[C@@H](C)c3ccccn3)cnc12. The molecule has 0 unspecified atom stereocenters. The van der Waals surface area contributed by atoms with Crippen molar-refractivity contribution in [2.75, 3.05) is 0 Å². The molecule has 4 nitrogen and oxygen atoms in total. The first-order valence-corrected chi connectivity index (χ1v) is 7.26. The second kappa shape index (κ2) is 6.29. The van der Waals surface area contributed by atoms with Gasteiger partial charge in [0.15, 0.2) is 0 Å². The van der Waals surface area contributed by atoms with Crippen molar-refractivity contribution in [3.8, 4) is 12.3 Å². The van der Waals surface area contributed by atoms with Crippen LogP contribution in [-0.2, 0) is 0 Å². The lowest BCUT2D eigenvalue weighted by Gasteiger charge is -2.13. The Morgan fingerprint density at radius 1 is 1.22 bits per heavy atom. The van der Waals surface area contributed by atoms with Crippen LogP contribution in [0.3, 0.4) is 0 Å². The molecule has 3 rings (SSSR count). The minimum atomic E-state index is -0.191. The minimum absolute atomic E-state index is 0.184. The van der Waals surface area contributed by atoms with Crippen molar-refractivity contribution < 1.29 is 4.79 Å². The second-order valence-electron chi connectivity index (χ2n) is 5.20. The number of benzene rings is 1. The summed E-state index contributed by atoms with van der Waals surface area (Å²) in [5, 5.41) is 3.77. The smallest absolute Gasteiger partial charge is 0.253 e. The number of pyridine rings is 2. The largest absolute Gasteiger partial charge is 0.344 e. The van der Waals surface area contributed by atoms with Crippen LogP contribution in [0, 0.1) is 12.3 Å². The number of hydrogen-bond acceptors (Lipinski definition) is 3. The topological polar surface area (TPSA) is 54.9 Å². The highest BCUT2D eigenvalue weighted by Gasteiger charge is 2.13. The van der Waals surface area contributed by atoms with Crippen LogP contribution in [0.1, 0.15) is 34.6 Å². The van der Waals surface area contributed by atoms with E-state index >= 15 is 0 Å². The van der Waals surface area contributed by atoms with E-state index in [4.69, 9.17) is 6.42 Å². The summed E-state index contributed by atoms with van der Waals surface area (Å²) in [6.07, 6.45) is 8.72. The van der Waals surface area contributed by atoms with Gasteiger partial charge in [0.1, 0.15) is 0 Å². The number of nitrogens with one attached hydrogen (secondary N) is 1. The first-order valence-electron chi connectivity index (χ1n) is 7.26. The molecule has 0 saturated carbocycles. The Morgan fingerprint density at radius 3 is 2.83 bits per heavy atom. The van der Waals surface area contributed by atoms with Gasteiger partial charge in [-0.2, -0.15) is 0 Å². The monoisotopic (exact) mass is 301 g/mol. The van der Waals surface area contributed by atoms with Gasteiger partial charge in [0.25, 0.3) is 5.91 Å². The average molecular weight is 301 g/mol. The molecular weight excluding hydrogens is 286 g/mol. The molecule has 0 radical (unpaired) electrons. The van der Waals surface area contributed by atoms with E-state index in [0.717, 1.165) is 22.2 Å². The Kier molecular flexibility index (Phi) is 4.03. The normalized spacial score (nSPS) is 11.7. The maximum atomic E-state index is 12.4. The van der Waals surface area contributed by atoms with Crippen LogP contribution < -0.4 is 5.32 Å². The number of para-hydroxylation sites is 1. The van der Waals surface area contributed by atoms with Gasteiger partial charge in [0, 0.05) is 17.8 Å². The molecule has 0 aliphatic rings. The Labute approximate surface area is 134 Å². The Morgan fingerprint density at radius 2 is 2.09 bits per heavy atom. The summed E-state index contributed by atoms with van der Waals surface area (Å²) in [5.74, 6) is 2.41. The Balaban J connectivity index is 1.86. The molecule has 112 valence electrons. The zero-order valence-electron chi connectivity index (χ0n) is 12.7. The summed E-state index contributed by atoms with van der Waals surface area (Å²) < 4.78 is 0. The van der Waals surface area contributed by atoms with Gasteiger partial charge in [-0.3, -0.25) is 14.8 Å². The number of carbonyl (C=O) groups is 1. The van der Waals surface area contributed by atoms with Gasteiger partial charge >= 0.3 is 0 Å². The lowest BCUT2D eigenvalue weighted by Crippen LogP contribution is -2.27. The van der Waals surface area contributed by atoms with E-state index in [1.807, 2.05) is 43.3 Å². The molecule has 23 heavy (non-hydrogen) atoms. The van der Waals surface area contributed by atoms with Crippen LogP contribution in [0.15, 0.2) is 54.9 Å². The van der Waals surface area contributed by atoms with Crippen LogP contribution >= 0.6 is 0 Å². The molecule has 2 aromatic heterocycles. The van der Waals surface area contributed by atoms with Crippen molar-refractivity contribution in [2.45, 2.75) is 13.0 Å². The maximum absolute atomic E-state index is 12.4. The number of terminal acetylenes is 1. The summed E-state index contributed by atoms with van der Waals surface area (Å²) in [6, 6.07) is 12.8. The van der Waals surface area contributed by atoms with Crippen LogP contribution in [0.25, 0.3) is 10.9 Å². The van der Waals surface area contributed by atoms with Crippen molar-refractivity contribution in [2.24, 2.45) is 0 Å². The molecule has 1 amide bonds. The number of amides is 1. The highest BCUT2D eigenvalue weighted by molar-refractivity contribution is 5.98. The number of nitrogens with zero attached hydrogens (tertiary/aromatic N) is 2. The molecule has 0 aliphatic carbocycles. The number of carbonyl (C=O) groups excluding carboxylic acids is 1. The van der Waals surface area contributed by atoms with E-state index in [1.165, 1.54) is 0 Å². The van der Waals surface area contributed by atoms with E-state index in [0.29, 0.717) is 5.56 Å². The van der Waals surface area contributed by atoms with Crippen LogP contribution in [0.4, 0.5) is 0 Å². The van der Waals surface area contributed by atoms with E-state index in [-0.39, 0.29) is 11.9 Å². The summed E-state index contributed by atoms with van der Waals surface area (Å²) in [6.45, 7) is 1.89. The number of aromatic nitrogens is 2. The average Bonchev–Trinajstić information content (AvgIpc) is 2.61. The molecule has 0 spiro atoms. The van der Waals surface area contributed by atoms with Gasteiger partial charge in [-0.05, 0) is 31.2 Å². The fourth-order valence-corrected chi connectivity index (χ4v) is 2.39. The van der Waals surface area contributed by atoms with Crippen molar-refractivity contribution in [3.63, 3.8) is 0 Å². The molecule has 2 heterocycles. The lowest BCUT2D eigenvalue weighted by molar-refractivity contribution is 0.0939. The molecule has 4 heteroatoms. The fraction of sp³-hybridized carbons (Fsp3) is 0.105. The van der Waals surface area contributed by atoms with Gasteiger partial charge in [-0.1, -0.05) is 24.1 Å². The first kappa shape index (κ1) is 14.7. The van der Waals surface area contributed by atoms with Crippen molar-refractivity contribution in [1.82, 2.24) is 15.3 Å². The van der Waals surface area contributed by atoms with Crippen LogP contribution in [0.5, 0.6) is 0 Å². The highest BCUT2D eigenvalue weighted by atomic mass is 16.1. The molecule has 3 aromatic rings. The van der Waals surface area contributed by atoms with Gasteiger partial charge in [-0.15, -0.1) is 6.42 Å². The van der Waals surface area contributed by atoms with Gasteiger partial charge in [0.05, 0.1) is 28.4 Å². The number of fused-ring (bicyclic) bond motifs is 1. The third kappa shape index (κ3) is 3.04. The number of rotatable bonds is 3. The van der Waals surface area contributed by atoms with Crippen LogP contribution in [-0.4, -0.2) is 15.9 Å². The van der Waals surface area contributed by atoms with Crippen molar-refractivity contribution in [1.29, 1.82) is 0 Å². The first-order chi connectivity index (χ1) is 11.2. The fourth-order valence-electron chi connectivity index (χ4n) is 2.39. The molecule has 0 aliphatic heterocycles. The maximum Gasteiger partial charge on any atom is 0.253 e. The minimum Gasteiger partial charge on any atom is -0.344 e. The predicted molar refractivity (Wildman–Crippen MR) is 89.8 cm³/mol. The molecule has 0 fully saturated rings. The molecular formula is C19H15N3O. The van der Waals surface area contributed by atoms with E-state index < -0.39 is 0 Å². The van der Waals surface area contributed by atoms with E-state index in [2.05, 4.69) is 21.2 Å². The zero-order valence-corrected chi connectivity index (χ0v) is 12.7. The van der Waals surface area contributed by atoms with Crippen molar-refractivity contribution >= 4 is 16.8 Å². The second-order valence-corrected chi connectivity index (χ2v) is 5.20. The number of hydrogen-bond donors (Lipinski definition) is 1. The predicted octanol–water partition coefficient (Wildman–Crippen LogP) is 3.10. The van der Waals surface area contributed by atoms with E-state index in [1.54, 1.807) is 18.5 Å². The third-order valence-corrected chi connectivity index (χ3v) is 3.61. The molecule has 0 bridgehead atoms. The zero-order chi connectivity index (χ0) is 16.2. The highest BCUT2D eigenvalue weighted by Crippen LogP contribution is 2.18. The Bertz CT molecular complexity index is 897. The standard InChI is InChI=1S/C19H15N3O/c1-3-14-7-6-8-15-11-16(12-21-18(14)15)19(23)22-13(2)17-9-4-5-10-20-17/h1,4-13H,2H3,(H,22,23)/t13-/m0/s1. The molecule has 1 aromatic carbocycles. The van der Waals surface area contributed by atoms with Gasteiger partial charge in [-0.25, -0.2) is 0 Å². The third-order valence-electron chi connectivity index (χ3n) is 3.61. The summed E-state index contributed by atoms with van der Waals surface area (Å²) >= 11 is 0. The summed E-state index contributed by atoms with van der Waals surface area (Å²) in [4.78, 5) is 21.0. The Hall–Kier alpha value is -3.19. The summed E-state index contributed by atoms with van der Waals surface area (Å²) in [5.41, 5.74) is 2.75. The van der Waals surface area contributed by atoms with Crippen LogP contribution in [0.2, 0.25) is 0 Å². The molecule has 0 saturated heterocycles. The van der Waals surface area contributed by atoms with Gasteiger partial charge in [0.2, 0.25) is 0 Å². The molecule has 1 atom stereocenters.